The van der Waals surface area contributed by atoms with Crippen molar-refractivity contribution < 1.29 is 9.53 Å². The van der Waals surface area contributed by atoms with Crippen LogP contribution in [-0.4, -0.2) is 24.6 Å². The van der Waals surface area contributed by atoms with Gasteiger partial charge in [0, 0.05) is 11.5 Å². The third-order valence-corrected chi connectivity index (χ3v) is 7.31. The smallest absolute Gasteiger partial charge is 0.292 e. The molecule has 0 radical (unpaired) electrons. The van der Waals surface area contributed by atoms with E-state index in [1.807, 2.05) is 13.0 Å². The van der Waals surface area contributed by atoms with Crippen LogP contribution in [-0.2, 0) is 9.53 Å². The van der Waals surface area contributed by atoms with Gasteiger partial charge in [-0.2, -0.15) is 0 Å². The number of nitrogens with one attached hydrogen (secondary N) is 2. The summed E-state index contributed by atoms with van der Waals surface area (Å²) in [4.78, 5) is 17.6. The number of carbonyl (C=O) groups excluding carboxylic acids is 1. The molecule has 2 aromatic carbocycles. The van der Waals surface area contributed by atoms with Crippen LogP contribution < -0.4 is 10.6 Å². The van der Waals surface area contributed by atoms with Crippen molar-refractivity contribution in [1.82, 2.24) is 10.6 Å². The summed E-state index contributed by atoms with van der Waals surface area (Å²) >= 11 is 0. The van der Waals surface area contributed by atoms with Crippen LogP contribution in [0.4, 0.5) is 0 Å². The number of amidine groups is 1. The van der Waals surface area contributed by atoms with E-state index in [1.54, 1.807) is 6.08 Å². The first-order valence-electron chi connectivity index (χ1n) is 12.3. The van der Waals surface area contributed by atoms with Gasteiger partial charge >= 0.3 is 0 Å². The zero-order chi connectivity index (χ0) is 23.1. The fraction of sp³-hybridized carbons (Fsp3) is 0.310. The Morgan fingerprint density at radius 2 is 2.03 bits per heavy atom. The normalized spacial score (nSPS) is 27.8. The van der Waals surface area contributed by atoms with E-state index >= 15 is 0 Å². The maximum atomic E-state index is 12.7. The maximum Gasteiger partial charge on any atom is 0.292 e. The van der Waals surface area contributed by atoms with Gasteiger partial charge in [0.05, 0.1) is 6.61 Å². The molecule has 5 nitrogen and oxygen atoms in total. The van der Waals surface area contributed by atoms with Gasteiger partial charge in [-0.15, -0.1) is 0 Å². The lowest BCUT2D eigenvalue weighted by atomic mass is 9.69. The number of hydrogen-bond donors (Lipinski definition) is 2. The Hall–Kier alpha value is -3.60. The average molecular weight is 452 g/mol. The summed E-state index contributed by atoms with van der Waals surface area (Å²) in [5.41, 5.74) is 4.69. The highest BCUT2D eigenvalue weighted by molar-refractivity contribution is 6.05. The molecule has 5 heteroatoms. The van der Waals surface area contributed by atoms with Crippen LogP contribution in [0, 0.1) is 5.92 Å². The summed E-state index contributed by atoms with van der Waals surface area (Å²) in [6, 6.07) is 13.6. The molecule has 0 spiro atoms. The van der Waals surface area contributed by atoms with Crippen molar-refractivity contribution in [3.63, 3.8) is 0 Å². The second-order valence-corrected chi connectivity index (χ2v) is 9.27. The predicted molar refractivity (Wildman–Crippen MR) is 136 cm³/mol. The van der Waals surface area contributed by atoms with Crippen LogP contribution in [0.1, 0.15) is 49.7 Å². The Bertz CT molecular complexity index is 1310. The van der Waals surface area contributed by atoms with Crippen molar-refractivity contribution in [3.8, 4) is 0 Å². The highest BCUT2D eigenvalue weighted by atomic mass is 16.5. The van der Waals surface area contributed by atoms with Crippen molar-refractivity contribution in [1.29, 1.82) is 0 Å². The first-order chi connectivity index (χ1) is 16.7. The molecule has 0 saturated carbocycles. The largest absolute Gasteiger partial charge is 0.465 e. The molecule has 34 heavy (non-hydrogen) atoms. The third-order valence-electron chi connectivity index (χ3n) is 7.31. The topological polar surface area (TPSA) is 62.7 Å². The minimum absolute atomic E-state index is 0.0465. The minimum Gasteiger partial charge on any atom is -0.465 e. The van der Waals surface area contributed by atoms with E-state index in [1.165, 1.54) is 27.5 Å². The number of aliphatic imine (C=N–C) groups is 1. The van der Waals surface area contributed by atoms with Gasteiger partial charge in [0.2, 0.25) is 0 Å². The lowest BCUT2D eigenvalue weighted by molar-refractivity contribution is -0.111. The number of fused-ring (bicyclic) bond motifs is 5. The molecular formula is C29H29N3O2. The van der Waals surface area contributed by atoms with Crippen molar-refractivity contribution in [2.45, 2.75) is 44.7 Å². The fourth-order valence-electron chi connectivity index (χ4n) is 5.73. The molecule has 3 unspecified atom stereocenters. The van der Waals surface area contributed by atoms with E-state index in [0.717, 1.165) is 30.7 Å². The molecule has 6 rings (SSSR count). The summed E-state index contributed by atoms with van der Waals surface area (Å²) in [6.07, 6.45) is 14.1. The van der Waals surface area contributed by atoms with Gasteiger partial charge in [0.1, 0.15) is 12.0 Å². The van der Waals surface area contributed by atoms with Crippen LogP contribution in [0.2, 0.25) is 0 Å². The van der Waals surface area contributed by atoms with E-state index < -0.39 is 0 Å². The number of benzene rings is 2. The summed E-state index contributed by atoms with van der Waals surface area (Å²) in [5.74, 6) is 1.45. The molecule has 1 heterocycles. The SMILES string of the molecule is CCOC1=NC(C2=Cc3c(ccc4ccccc34)C3C=CCCC23)NC(=C2CCC=CC2=O)N1. The molecule has 2 N–H and O–H groups in total. The number of ketones is 1. The molecule has 0 saturated heterocycles. The van der Waals surface area contributed by atoms with Crippen LogP contribution in [0.3, 0.4) is 0 Å². The third kappa shape index (κ3) is 3.56. The number of hydrogen-bond acceptors (Lipinski definition) is 5. The van der Waals surface area contributed by atoms with Crippen LogP contribution >= 0.6 is 0 Å². The van der Waals surface area contributed by atoms with Crippen LogP contribution in [0.25, 0.3) is 16.8 Å². The van der Waals surface area contributed by atoms with Crippen molar-refractivity contribution in [2.24, 2.45) is 10.9 Å². The Balaban J connectivity index is 1.50. The van der Waals surface area contributed by atoms with E-state index in [-0.39, 0.29) is 11.9 Å². The molecule has 0 fully saturated rings. The molecule has 4 aliphatic rings. The van der Waals surface area contributed by atoms with E-state index in [0.29, 0.717) is 30.9 Å². The zero-order valence-electron chi connectivity index (χ0n) is 19.4. The predicted octanol–water partition coefficient (Wildman–Crippen LogP) is 5.33. The van der Waals surface area contributed by atoms with Gasteiger partial charge in [0.15, 0.2) is 5.78 Å². The fourth-order valence-corrected chi connectivity index (χ4v) is 5.73. The molecule has 3 atom stereocenters. The Morgan fingerprint density at radius 3 is 2.91 bits per heavy atom. The summed E-state index contributed by atoms with van der Waals surface area (Å²) < 4.78 is 5.83. The number of nitrogens with zero attached hydrogens (tertiary/aromatic N) is 1. The highest BCUT2D eigenvalue weighted by Crippen LogP contribution is 2.47. The number of allylic oxidation sites excluding steroid dienone is 5. The molecule has 0 aromatic heterocycles. The van der Waals surface area contributed by atoms with Crippen molar-refractivity contribution in [3.05, 3.63) is 88.8 Å². The molecule has 3 aliphatic carbocycles. The standard InChI is InChI=1S/C29H29N3O2/c1-2-34-29-31-27(23-13-7-8-14-26(23)33)30-28(32-29)25-17-24-19-10-4-3-9-18(19)15-16-22(24)20-11-5-6-12-21(20)25/h3-5,8-11,14-17,20-21,28,30H,2,6-7,12-13H2,1H3,(H,31,32). The van der Waals surface area contributed by atoms with Crippen LogP contribution in [0.5, 0.6) is 0 Å². The summed E-state index contributed by atoms with van der Waals surface area (Å²) in [6.45, 7) is 2.46. The van der Waals surface area contributed by atoms with E-state index in [2.05, 4.69) is 65.3 Å². The maximum absolute atomic E-state index is 12.7. The lowest BCUT2D eigenvalue weighted by Crippen LogP contribution is -2.48. The summed E-state index contributed by atoms with van der Waals surface area (Å²) in [7, 11) is 0. The van der Waals surface area contributed by atoms with Gasteiger partial charge < -0.3 is 10.1 Å². The monoisotopic (exact) mass is 451 g/mol. The van der Waals surface area contributed by atoms with E-state index in [9.17, 15) is 4.79 Å². The Morgan fingerprint density at radius 1 is 1.12 bits per heavy atom. The average Bonchev–Trinajstić information content (AvgIpc) is 2.88. The number of rotatable bonds is 2. The first kappa shape index (κ1) is 21.0. The van der Waals surface area contributed by atoms with Gasteiger partial charge in [-0.05, 0) is 72.1 Å². The van der Waals surface area contributed by atoms with Gasteiger partial charge in [0.25, 0.3) is 6.02 Å². The first-order valence-corrected chi connectivity index (χ1v) is 12.3. The molecular weight excluding hydrogens is 422 g/mol. The number of ether oxygens (including phenoxy) is 1. The Labute approximate surface area is 200 Å². The quantitative estimate of drug-likeness (QED) is 0.479. The summed E-state index contributed by atoms with van der Waals surface area (Å²) in [5, 5.41) is 9.33. The number of carbonyl (C=O) groups is 1. The lowest BCUT2D eigenvalue weighted by Gasteiger charge is -2.39. The van der Waals surface area contributed by atoms with E-state index in [4.69, 9.17) is 9.73 Å². The highest BCUT2D eigenvalue weighted by Gasteiger charge is 2.37. The molecule has 0 bridgehead atoms. The molecule has 2 aromatic rings. The zero-order valence-corrected chi connectivity index (χ0v) is 19.4. The second kappa shape index (κ2) is 8.64. The van der Waals surface area contributed by atoms with Gasteiger partial charge in [-0.1, -0.05) is 60.7 Å². The van der Waals surface area contributed by atoms with Crippen molar-refractivity contribution in [2.75, 3.05) is 6.61 Å². The Kier molecular flexibility index (Phi) is 5.33. The van der Waals surface area contributed by atoms with Gasteiger partial charge in [-0.25, -0.2) is 4.99 Å². The second-order valence-electron chi connectivity index (χ2n) is 9.27. The van der Waals surface area contributed by atoms with Crippen molar-refractivity contribution >= 4 is 28.7 Å². The molecule has 172 valence electrons. The van der Waals surface area contributed by atoms with Crippen LogP contribution in [0.15, 0.2) is 82.7 Å². The molecule has 0 amide bonds. The van der Waals surface area contributed by atoms with Gasteiger partial charge in [-0.3, -0.25) is 10.1 Å². The minimum atomic E-state index is -0.282. The molecule has 1 aliphatic heterocycles.